The predicted molar refractivity (Wildman–Crippen MR) is 95.3 cm³/mol. The molecule has 3 aliphatic carbocycles. The van der Waals surface area contributed by atoms with E-state index >= 15 is 0 Å². The summed E-state index contributed by atoms with van der Waals surface area (Å²) in [6.07, 6.45) is 9.31. The van der Waals surface area contributed by atoms with Crippen molar-refractivity contribution < 1.29 is 4.79 Å². The van der Waals surface area contributed by atoms with Gasteiger partial charge < -0.3 is 0 Å². The first-order chi connectivity index (χ1) is 11.3. The minimum atomic E-state index is -0.120. The first kappa shape index (κ1) is 15.4. The van der Waals surface area contributed by atoms with Gasteiger partial charge in [-0.3, -0.25) is 4.79 Å². The largest absolute Gasteiger partial charge is 0.272 e. The van der Waals surface area contributed by atoms with E-state index in [1.807, 2.05) is 24.3 Å². The van der Waals surface area contributed by atoms with Crippen LogP contribution in [0.5, 0.6) is 0 Å². The summed E-state index contributed by atoms with van der Waals surface area (Å²) in [4.78, 5) is 12.3. The van der Waals surface area contributed by atoms with Crippen molar-refractivity contribution in [2.75, 3.05) is 0 Å². The fourth-order valence-corrected chi connectivity index (χ4v) is 5.57. The first-order valence-electron chi connectivity index (χ1n) is 8.87. The molecule has 4 heteroatoms. The number of benzene rings is 1. The molecule has 0 heterocycles. The summed E-state index contributed by atoms with van der Waals surface area (Å²) in [5.74, 6) is 3.15. The maximum Gasteiger partial charge on any atom is 0.272 e. The highest BCUT2D eigenvalue weighted by molar-refractivity contribution is 9.10. The van der Waals surface area contributed by atoms with Crippen molar-refractivity contribution in [3.05, 3.63) is 34.3 Å². The van der Waals surface area contributed by atoms with Gasteiger partial charge in [0.05, 0.1) is 5.56 Å². The minimum absolute atomic E-state index is 0.120. The average molecular weight is 375 g/mol. The summed E-state index contributed by atoms with van der Waals surface area (Å²) in [7, 11) is 0. The maximum absolute atomic E-state index is 12.3. The number of nitrogens with zero attached hydrogens (tertiary/aromatic N) is 1. The molecule has 0 aromatic heterocycles. The van der Waals surface area contributed by atoms with Gasteiger partial charge in [-0.25, -0.2) is 5.43 Å². The van der Waals surface area contributed by atoms with Crippen LogP contribution in [-0.2, 0) is 0 Å². The third-order valence-corrected chi connectivity index (χ3v) is 6.83. The number of amides is 1. The summed E-state index contributed by atoms with van der Waals surface area (Å²) in [5.41, 5.74) is 4.69. The van der Waals surface area contributed by atoms with Crippen molar-refractivity contribution in [3.8, 4) is 0 Å². The lowest BCUT2D eigenvalue weighted by atomic mass is 9.56. The third kappa shape index (κ3) is 2.75. The zero-order valence-corrected chi connectivity index (χ0v) is 14.9. The van der Waals surface area contributed by atoms with Gasteiger partial charge in [-0.15, -0.1) is 0 Å². The number of hydrogen-bond acceptors (Lipinski definition) is 2. The second-order valence-electron chi connectivity index (χ2n) is 7.22. The second kappa shape index (κ2) is 6.39. The van der Waals surface area contributed by atoms with Crippen LogP contribution in [0.15, 0.2) is 33.8 Å². The number of nitrogens with one attached hydrogen (secondary N) is 1. The van der Waals surface area contributed by atoms with Gasteiger partial charge in [-0.2, -0.15) is 5.10 Å². The number of hydrazone groups is 1. The number of halogens is 1. The van der Waals surface area contributed by atoms with E-state index in [9.17, 15) is 4.79 Å². The van der Waals surface area contributed by atoms with Crippen molar-refractivity contribution in [3.63, 3.8) is 0 Å². The fourth-order valence-electron chi connectivity index (χ4n) is 5.11. The number of carbonyl (C=O) groups excluding carboxylic acids is 1. The summed E-state index contributed by atoms with van der Waals surface area (Å²) in [6, 6.07) is 7.49. The Hall–Kier alpha value is -1.16. The summed E-state index contributed by atoms with van der Waals surface area (Å²) < 4.78 is 0.814. The third-order valence-electron chi connectivity index (χ3n) is 6.14. The van der Waals surface area contributed by atoms with Gasteiger partial charge in [0.25, 0.3) is 5.91 Å². The molecule has 4 rings (SSSR count). The second-order valence-corrected chi connectivity index (χ2v) is 8.07. The maximum atomic E-state index is 12.3. The topological polar surface area (TPSA) is 41.5 Å². The number of rotatable bonds is 2. The van der Waals surface area contributed by atoms with Crippen LogP contribution in [0.2, 0.25) is 0 Å². The first-order valence-corrected chi connectivity index (χ1v) is 9.66. The predicted octanol–water partition coefficient (Wildman–Crippen LogP) is 4.77. The molecule has 3 saturated carbocycles. The van der Waals surface area contributed by atoms with Crippen LogP contribution >= 0.6 is 15.9 Å². The molecule has 1 aromatic rings. The normalized spacial score (nSPS) is 34.2. The van der Waals surface area contributed by atoms with Gasteiger partial charge in [0, 0.05) is 16.1 Å². The van der Waals surface area contributed by atoms with Crippen molar-refractivity contribution in [1.29, 1.82) is 0 Å². The van der Waals surface area contributed by atoms with E-state index in [0.717, 1.165) is 28.6 Å². The number of carbonyl (C=O) groups is 1. The quantitative estimate of drug-likeness (QED) is 0.744. The van der Waals surface area contributed by atoms with Crippen molar-refractivity contribution in [1.82, 2.24) is 5.43 Å². The zero-order chi connectivity index (χ0) is 15.8. The highest BCUT2D eigenvalue weighted by Gasteiger charge is 2.54. The Morgan fingerprint density at radius 3 is 2.61 bits per heavy atom. The zero-order valence-electron chi connectivity index (χ0n) is 13.3. The lowest BCUT2D eigenvalue weighted by Gasteiger charge is -2.48. The van der Waals surface area contributed by atoms with E-state index in [0.29, 0.717) is 11.5 Å². The van der Waals surface area contributed by atoms with E-state index in [4.69, 9.17) is 0 Å². The average Bonchev–Trinajstić information content (AvgIpc) is 2.78. The van der Waals surface area contributed by atoms with E-state index < -0.39 is 0 Å². The molecule has 1 amide bonds. The summed E-state index contributed by atoms with van der Waals surface area (Å²) >= 11 is 3.43. The lowest BCUT2D eigenvalue weighted by molar-refractivity contribution is 0.0280. The molecule has 0 spiro atoms. The van der Waals surface area contributed by atoms with Crippen molar-refractivity contribution in [2.45, 2.75) is 44.9 Å². The van der Waals surface area contributed by atoms with Crippen molar-refractivity contribution >= 4 is 27.5 Å². The molecule has 4 unspecified atom stereocenters. The Morgan fingerprint density at radius 1 is 1.04 bits per heavy atom. The SMILES string of the molecule is O=C(NN=C1CCC2C3CCCCCC3C12)c1ccccc1Br. The van der Waals surface area contributed by atoms with Gasteiger partial charge in [0.15, 0.2) is 0 Å². The standard InChI is InChI=1S/C19H23BrN2O/c20-16-9-5-4-8-15(16)19(23)22-21-17-11-10-14-12-6-2-1-3-7-13(12)18(14)17/h4-5,8-9,12-14,18H,1-3,6-7,10-11H2,(H,22,23). The van der Waals surface area contributed by atoms with Crippen LogP contribution in [-0.4, -0.2) is 11.6 Å². The number of fused-ring (bicyclic) bond motifs is 4. The van der Waals surface area contributed by atoms with Crippen molar-refractivity contribution in [2.24, 2.45) is 28.8 Å². The summed E-state index contributed by atoms with van der Waals surface area (Å²) in [6.45, 7) is 0. The fraction of sp³-hybridized carbons (Fsp3) is 0.579. The molecule has 0 saturated heterocycles. The van der Waals surface area contributed by atoms with Gasteiger partial charge in [-0.1, -0.05) is 31.4 Å². The van der Waals surface area contributed by atoms with E-state index in [-0.39, 0.29) is 5.91 Å². The molecule has 3 nitrogen and oxygen atoms in total. The van der Waals surface area contributed by atoms with Crippen LogP contribution in [0.4, 0.5) is 0 Å². The molecule has 3 aliphatic rings. The molecular weight excluding hydrogens is 352 g/mol. The molecule has 0 radical (unpaired) electrons. The van der Waals surface area contributed by atoms with Crippen LogP contribution < -0.4 is 5.43 Å². The van der Waals surface area contributed by atoms with Gasteiger partial charge in [-0.05, 0) is 71.5 Å². The van der Waals surface area contributed by atoms with Crippen LogP contribution in [0.3, 0.4) is 0 Å². The van der Waals surface area contributed by atoms with Gasteiger partial charge in [0.1, 0.15) is 0 Å². The van der Waals surface area contributed by atoms with Gasteiger partial charge in [0.2, 0.25) is 0 Å². The molecule has 122 valence electrons. The van der Waals surface area contributed by atoms with Gasteiger partial charge >= 0.3 is 0 Å². The Bertz CT molecular complexity index is 642. The molecule has 1 aromatic carbocycles. The van der Waals surface area contributed by atoms with Crippen LogP contribution in [0.25, 0.3) is 0 Å². The summed E-state index contributed by atoms with van der Waals surface area (Å²) in [5, 5.41) is 4.54. The highest BCUT2D eigenvalue weighted by Crippen LogP contribution is 2.58. The Kier molecular flexibility index (Phi) is 4.27. The molecule has 3 fully saturated rings. The Morgan fingerprint density at radius 2 is 1.78 bits per heavy atom. The molecular formula is C19H23BrN2O. The van der Waals surface area contributed by atoms with E-state index in [1.165, 1.54) is 44.2 Å². The number of hydrogen-bond donors (Lipinski definition) is 1. The molecule has 23 heavy (non-hydrogen) atoms. The molecule has 4 atom stereocenters. The lowest BCUT2D eigenvalue weighted by Crippen LogP contribution is -2.46. The minimum Gasteiger partial charge on any atom is -0.267 e. The Labute approximate surface area is 146 Å². The smallest absolute Gasteiger partial charge is 0.267 e. The molecule has 0 aliphatic heterocycles. The van der Waals surface area contributed by atoms with Crippen LogP contribution in [0, 0.1) is 23.7 Å². The van der Waals surface area contributed by atoms with Crippen LogP contribution in [0.1, 0.15) is 55.3 Å². The van der Waals surface area contributed by atoms with E-state index in [1.54, 1.807) is 0 Å². The monoisotopic (exact) mass is 374 g/mol. The Balaban J connectivity index is 1.45. The molecule has 0 bridgehead atoms. The molecule has 1 N–H and O–H groups in total. The highest BCUT2D eigenvalue weighted by atomic mass is 79.9. The van der Waals surface area contributed by atoms with E-state index in [2.05, 4.69) is 26.5 Å².